The van der Waals surface area contributed by atoms with Crippen LogP contribution in [0.15, 0.2) is 41.5 Å². The van der Waals surface area contributed by atoms with E-state index in [1.165, 1.54) is 24.4 Å². The fourth-order valence-corrected chi connectivity index (χ4v) is 3.75. The van der Waals surface area contributed by atoms with Crippen molar-refractivity contribution in [2.45, 2.75) is 33.6 Å². The number of aryl methyl sites for hydroxylation is 1. The first-order valence-electron chi connectivity index (χ1n) is 11.4. The molecule has 1 saturated heterocycles. The molecule has 11 nitrogen and oxygen atoms in total. The van der Waals surface area contributed by atoms with Gasteiger partial charge in [-0.05, 0) is 55.9 Å². The molecule has 0 aliphatic carbocycles. The first kappa shape index (κ1) is 23.9. The maximum atomic E-state index is 11.0. The van der Waals surface area contributed by atoms with Crippen LogP contribution in [0, 0.1) is 29.9 Å². The van der Waals surface area contributed by atoms with E-state index in [1.807, 2.05) is 32.0 Å². The molecule has 0 bridgehead atoms. The maximum Gasteiger partial charge on any atom is 0.270 e. The summed E-state index contributed by atoms with van der Waals surface area (Å²) in [6.07, 6.45) is 3.39. The molecule has 0 spiro atoms. The number of hydrogen-bond acceptors (Lipinski definition) is 10. The smallest absolute Gasteiger partial charge is 0.270 e. The second kappa shape index (κ2) is 10.3. The lowest BCUT2D eigenvalue weighted by Gasteiger charge is -2.30. The topological polar surface area (TPSA) is 142 Å². The van der Waals surface area contributed by atoms with Crippen molar-refractivity contribution < 1.29 is 10.0 Å². The Morgan fingerprint density at radius 3 is 2.63 bits per heavy atom. The van der Waals surface area contributed by atoms with E-state index >= 15 is 0 Å². The normalized spacial score (nSPS) is 14.3. The summed E-state index contributed by atoms with van der Waals surface area (Å²) in [5.41, 5.74) is 5.95. The van der Waals surface area contributed by atoms with Crippen LogP contribution in [-0.4, -0.2) is 44.3 Å². The van der Waals surface area contributed by atoms with E-state index in [4.69, 9.17) is 0 Å². The maximum absolute atomic E-state index is 11.0. The molecule has 0 saturated carbocycles. The van der Waals surface area contributed by atoms with E-state index in [0.29, 0.717) is 17.8 Å². The van der Waals surface area contributed by atoms with Crippen molar-refractivity contribution in [2.75, 3.05) is 28.7 Å². The fraction of sp³-hybridized carbons (Fsp3) is 0.333. The third-order valence-electron chi connectivity index (χ3n) is 6.13. The molecule has 3 N–H and O–H groups in total. The van der Waals surface area contributed by atoms with Gasteiger partial charge in [-0.3, -0.25) is 10.1 Å². The number of phenolic OH excluding ortho intramolecular Hbond substituents is 1. The summed E-state index contributed by atoms with van der Waals surface area (Å²) in [5, 5.41) is 28.4. The first-order valence-corrected chi connectivity index (χ1v) is 11.4. The predicted octanol–water partition coefficient (Wildman–Crippen LogP) is 4.53. The van der Waals surface area contributed by atoms with Crippen LogP contribution in [0.5, 0.6) is 5.75 Å². The number of rotatable bonds is 7. The number of nitro groups is 1. The second-order valence-electron chi connectivity index (χ2n) is 8.69. The lowest BCUT2D eigenvalue weighted by molar-refractivity contribution is -0.384. The van der Waals surface area contributed by atoms with Gasteiger partial charge >= 0.3 is 0 Å². The Labute approximate surface area is 203 Å². The molecule has 3 aromatic rings. The van der Waals surface area contributed by atoms with E-state index in [-0.39, 0.29) is 22.9 Å². The molecule has 2 heterocycles. The predicted molar refractivity (Wildman–Crippen MR) is 136 cm³/mol. The van der Waals surface area contributed by atoms with Crippen molar-refractivity contribution in [3.05, 3.63) is 63.2 Å². The van der Waals surface area contributed by atoms with Gasteiger partial charge in [-0.1, -0.05) is 19.1 Å². The van der Waals surface area contributed by atoms with Crippen molar-refractivity contribution in [3.63, 3.8) is 0 Å². The highest BCUT2D eigenvalue weighted by Gasteiger charge is 2.20. The van der Waals surface area contributed by atoms with Crippen molar-refractivity contribution in [1.29, 1.82) is 0 Å². The summed E-state index contributed by atoms with van der Waals surface area (Å²) in [4.78, 5) is 26.2. The lowest BCUT2D eigenvalue weighted by atomic mass is 10.00. The molecule has 0 radical (unpaired) electrons. The number of non-ortho nitro benzene ring substituents is 1. The van der Waals surface area contributed by atoms with Gasteiger partial charge in [0.2, 0.25) is 17.8 Å². The Kier molecular flexibility index (Phi) is 7.04. The van der Waals surface area contributed by atoms with E-state index < -0.39 is 4.92 Å². The number of aromatic nitrogens is 3. The number of nitrogens with zero attached hydrogens (tertiary/aromatic N) is 6. The van der Waals surface area contributed by atoms with E-state index in [2.05, 4.69) is 42.6 Å². The summed E-state index contributed by atoms with van der Waals surface area (Å²) in [6, 6.07) is 9.69. The minimum absolute atomic E-state index is 0.128. The summed E-state index contributed by atoms with van der Waals surface area (Å²) in [5.74, 6) is 1.65. The number of piperidine rings is 1. The molecule has 1 aromatic heterocycles. The zero-order valence-corrected chi connectivity index (χ0v) is 19.9. The largest absolute Gasteiger partial charge is 0.507 e. The SMILES string of the molecule is Cc1cccc(Nc2nc(NN=Cc3cc([N+](=O)[O-])ccc3O)nc(N3CCC(C)CC3)n2)c1C. The minimum Gasteiger partial charge on any atom is -0.507 e. The number of benzene rings is 2. The first-order chi connectivity index (χ1) is 16.8. The van der Waals surface area contributed by atoms with Crippen molar-refractivity contribution >= 4 is 35.4 Å². The number of hydrogen-bond donors (Lipinski definition) is 3. The van der Waals surface area contributed by atoms with Gasteiger partial charge in [0.25, 0.3) is 5.69 Å². The highest BCUT2D eigenvalue weighted by molar-refractivity contribution is 5.84. The summed E-state index contributed by atoms with van der Waals surface area (Å²) in [6.45, 7) is 8.00. The van der Waals surface area contributed by atoms with Gasteiger partial charge in [0.15, 0.2) is 0 Å². The standard InChI is InChI=1S/C24H28N8O3/c1-15-9-11-31(12-10-15)24-28-22(26-20-6-4-5-16(2)17(20)3)27-23(29-24)30-25-14-18-13-19(32(34)35)7-8-21(18)33/h4-8,13-15,33H,9-12H2,1-3H3,(H2,26,27,28,29,30). The van der Waals surface area contributed by atoms with Gasteiger partial charge in [0, 0.05) is 36.5 Å². The Morgan fingerprint density at radius 1 is 1.14 bits per heavy atom. The van der Waals surface area contributed by atoms with Crippen LogP contribution >= 0.6 is 0 Å². The van der Waals surface area contributed by atoms with Crippen molar-refractivity contribution in [2.24, 2.45) is 11.0 Å². The molecule has 182 valence electrons. The number of aromatic hydroxyl groups is 1. The number of nitro benzene ring substituents is 1. The molecular weight excluding hydrogens is 448 g/mol. The van der Waals surface area contributed by atoms with Gasteiger partial charge in [-0.25, -0.2) is 5.43 Å². The Morgan fingerprint density at radius 2 is 1.89 bits per heavy atom. The van der Waals surface area contributed by atoms with E-state index in [1.54, 1.807) is 0 Å². The molecule has 1 aliphatic heterocycles. The van der Waals surface area contributed by atoms with Crippen LogP contribution in [0.25, 0.3) is 0 Å². The molecule has 0 unspecified atom stereocenters. The number of phenols is 1. The van der Waals surface area contributed by atoms with Crippen molar-refractivity contribution in [1.82, 2.24) is 15.0 Å². The Balaban J connectivity index is 1.61. The van der Waals surface area contributed by atoms with Gasteiger partial charge < -0.3 is 15.3 Å². The zero-order valence-electron chi connectivity index (χ0n) is 19.9. The monoisotopic (exact) mass is 476 g/mol. The van der Waals surface area contributed by atoms with Crippen molar-refractivity contribution in [3.8, 4) is 5.75 Å². The lowest BCUT2D eigenvalue weighted by Crippen LogP contribution is -2.34. The van der Waals surface area contributed by atoms with E-state index in [0.717, 1.165) is 42.7 Å². The number of nitrogens with one attached hydrogen (secondary N) is 2. The Bertz CT molecular complexity index is 1260. The minimum atomic E-state index is -0.535. The quantitative estimate of drug-likeness (QED) is 0.255. The molecular formula is C24H28N8O3. The third-order valence-corrected chi connectivity index (χ3v) is 6.13. The van der Waals surface area contributed by atoms with Crippen LogP contribution in [0.1, 0.15) is 36.5 Å². The molecule has 1 aliphatic rings. The van der Waals surface area contributed by atoms with Crippen LogP contribution < -0.4 is 15.6 Å². The zero-order chi connectivity index (χ0) is 24.9. The average Bonchev–Trinajstić information content (AvgIpc) is 2.83. The number of anilines is 4. The molecule has 2 aromatic carbocycles. The summed E-state index contributed by atoms with van der Waals surface area (Å²) < 4.78 is 0. The van der Waals surface area contributed by atoms with Crippen LogP contribution in [0.3, 0.4) is 0 Å². The molecule has 1 fully saturated rings. The summed E-state index contributed by atoms with van der Waals surface area (Å²) >= 11 is 0. The average molecular weight is 477 g/mol. The van der Waals surface area contributed by atoms with Gasteiger partial charge in [0.1, 0.15) is 5.75 Å². The van der Waals surface area contributed by atoms with Gasteiger partial charge in [0.05, 0.1) is 11.1 Å². The van der Waals surface area contributed by atoms with Crippen LogP contribution in [-0.2, 0) is 0 Å². The molecule has 0 amide bonds. The molecule has 4 rings (SSSR count). The fourth-order valence-electron chi connectivity index (χ4n) is 3.75. The van der Waals surface area contributed by atoms with Gasteiger partial charge in [-0.2, -0.15) is 20.1 Å². The highest BCUT2D eigenvalue weighted by Crippen LogP contribution is 2.25. The highest BCUT2D eigenvalue weighted by atomic mass is 16.6. The Hall–Kier alpha value is -4.28. The summed E-state index contributed by atoms with van der Waals surface area (Å²) in [7, 11) is 0. The van der Waals surface area contributed by atoms with Crippen LogP contribution in [0.4, 0.5) is 29.2 Å². The number of hydrazone groups is 1. The third kappa shape index (κ3) is 5.81. The molecule has 0 atom stereocenters. The van der Waals surface area contributed by atoms with Crippen LogP contribution in [0.2, 0.25) is 0 Å². The molecule has 35 heavy (non-hydrogen) atoms. The van der Waals surface area contributed by atoms with E-state index in [9.17, 15) is 15.2 Å². The second-order valence-corrected chi connectivity index (χ2v) is 8.69. The molecule has 11 heteroatoms. The van der Waals surface area contributed by atoms with Gasteiger partial charge in [-0.15, -0.1) is 0 Å².